The van der Waals surface area contributed by atoms with Crippen molar-refractivity contribution in [1.82, 2.24) is 0 Å². The van der Waals surface area contributed by atoms with Gasteiger partial charge in [0, 0.05) is 9.37 Å². The number of carbonyl (C=O) groups excluding carboxylic acids is 1. The number of halogens is 1. The van der Waals surface area contributed by atoms with Gasteiger partial charge < -0.3 is 10.1 Å². The number of amides is 1. The maximum absolute atomic E-state index is 11.9. The van der Waals surface area contributed by atoms with E-state index in [0.29, 0.717) is 5.75 Å². The maximum atomic E-state index is 11.9. The summed E-state index contributed by atoms with van der Waals surface area (Å²) in [5, 5.41) is 2.85. The highest BCUT2D eigenvalue weighted by Gasteiger charge is 2.06. The molecule has 0 aliphatic heterocycles. The minimum Gasteiger partial charge on any atom is -0.484 e. The van der Waals surface area contributed by atoms with E-state index in [0.717, 1.165) is 15.1 Å². The molecule has 2 rings (SSSR count). The highest BCUT2D eigenvalue weighted by molar-refractivity contribution is 9.10. The Morgan fingerprint density at radius 3 is 2.60 bits per heavy atom. The van der Waals surface area contributed by atoms with Crippen LogP contribution in [0.1, 0.15) is 0 Å². The van der Waals surface area contributed by atoms with E-state index in [-0.39, 0.29) is 12.5 Å². The van der Waals surface area contributed by atoms with Crippen LogP contribution in [-0.2, 0) is 4.79 Å². The molecule has 0 spiro atoms. The number of rotatable bonds is 5. The summed E-state index contributed by atoms with van der Waals surface area (Å²) >= 11 is 4.94. The van der Waals surface area contributed by atoms with Gasteiger partial charge in [0.1, 0.15) is 5.75 Å². The summed E-state index contributed by atoms with van der Waals surface area (Å²) in [4.78, 5) is 12.9. The zero-order valence-electron chi connectivity index (χ0n) is 10.9. The van der Waals surface area contributed by atoms with Crippen molar-refractivity contribution in [3.8, 4) is 5.75 Å². The zero-order chi connectivity index (χ0) is 14.4. The number of ether oxygens (including phenoxy) is 1. The lowest BCUT2D eigenvalue weighted by molar-refractivity contribution is -0.118. The summed E-state index contributed by atoms with van der Waals surface area (Å²) in [7, 11) is 0. The summed E-state index contributed by atoms with van der Waals surface area (Å²) in [6.45, 7) is -0.00958. The van der Waals surface area contributed by atoms with Gasteiger partial charge in [-0.3, -0.25) is 4.79 Å². The van der Waals surface area contributed by atoms with Crippen molar-refractivity contribution >= 4 is 39.3 Å². The number of benzene rings is 2. The molecule has 0 fully saturated rings. The van der Waals surface area contributed by atoms with Crippen LogP contribution in [0.3, 0.4) is 0 Å². The quantitative estimate of drug-likeness (QED) is 0.820. The second kappa shape index (κ2) is 7.36. The fourth-order valence-corrected chi connectivity index (χ4v) is 2.43. The molecule has 104 valence electrons. The van der Waals surface area contributed by atoms with Crippen molar-refractivity contribution in [2.45, 2.75) is 4.90 Å². The Hall–Kier alpha value is -1.46. The fourth-order valence-electron chi connectivity index (χ4n) is 1.61. The first-order valence-corrected chi connectivity index (χ1v) is 8.02. The third-order valence-corrected chi connectivity index (χ3v) is 3.89. The van der Waals surface area contributed by atoms with E-state index in [2.05, 4.69) is 21.2 Å². The van der Waals surface area contributed by atoms with Crippen LogP contribution in [-0.4, -0.2) is 18.8 Å². The Morgan fingerprint density at radius 2 is 1.90 bits per heavy atom. The molecule has 0 bridgehead atoms. The van der Waals surface area contributed by atoms with Gasteiger partial charge in [0.2, 0.25) is 0 Å². The second-order valence-electron chi connectivity index (χ2n) is 3.99. The van der Waals surface area contributed by atoms with Crippen LogP contribution < -0.4 is 10.1 Å². The van der Waals surface area contributed by atoms with Crippen LogP contribution in [0.25, 0.3) is 0 Å². The third kappa shape index (κ3) is 4.28. The standard InChI is InChI=1S/C15H14BrNO2S/c1-20-14-5-3-2-4-13(14)17-15(18)10-19-12-8-6-11(16)7-9-12/h2-9H,10H2,1H3,(H,17,18). The monoisotopic (exact) mass is 351 g/mol. The Balaban J connectivity index is 1.91. The highest BCUT2D eigenvalue weighted by atomic mass is 79.9. The summed E-state index contributed by atoms with van der Waals surface area (Å²) in [6, 6.07) is 15.1. The molecule has 0 aliphatic carbocycles. The molecule has 0 saturated carbocycles. The van der Waals surface area contributed by atoms with Crippen molar-refractivity contribution in [3.05, 3.63) is 53.0 Å². The van der Waals surface area contributed by atoms with Gasteiger partial charge in [0.05, 0.1) is 5.69 Å². The fraction of sp³-hybridized carbons (Fsp3) is 0.133. The molecule has 1 amide bonds. The first kappa shape index (κ1) is 14.9. The smallest absolute Gasteiger partial charge is 0.262 e. The molecule has 0 atom stereocenters. The van der Waals surface area contributed by atoms with Crippen molar-refractivity contribution in [2.24, 2.45) is 0 Å². The van der Waals surface area contributed by atoms with Gasteiger partial charge >= 0.3 is 0 Å². The lowest BCUT2D eigenvalue weighted by atomic mass is 10.3. The van der Waals surface area contributed by atoms with E-state index in [9.17, 15) is 4.79 Å². The number of thioether (sulfide) groups is 1. The molecule has 0 heterocycles. The van der Waals surface area contributed by atoms with Gasteiger partial charge in [-0.15, -0.1) is 11.8 Å². The van der Waals surface area contributed by atoms with E-state index in [1.807, 2.05) is 54.8 Å². The van der Waals surface area contributed by atoms with Gasteiger partial charge in [-0.25, -0.2) is 0 Å². The van der Waals surface area contributed by atoms with Crippen molar-refractivity contribution in [1.29, 1.82) is 0 Å². The number of para-hydroxylation sites is 1. The first-order chi connectivity index (χ1) is 9.69. The highest BCUT2D eigenvalue weighted by Crippen LogP contribution is 2.24. The molecule has 3 nitrogen and oxygen atoms in total. The number of hydrogen-bond donors (Lipinski definition) is 1. The van der Waals surface area contributed by atoms with E-state index in [1.165, 1.54) is 0 Å². The number of anilines is 1. The molecular weight excluding hydrogens is 338 g/mol. The maximum Gasteiger partial charge on any atom is 0.262 e. The van der Waals surface area contributed by atoms with Gasteiger partial charge in [0.25, 0.3) is 5.91 Å². The molecule has 1 N–H and O–H groups in total. The van der Waals surface area contributed by atoms with E-state index in [1.54, 1.807) is 11.8 Å². The Bertz CT molecular complexity index is 587. The van der Waals surface area contributed by atoms with Crippen molar-refractivity contribution in [3.63, 3.8) is 0 Å². The minimum atomic E-state index is -0.172. The Kier molecular flexibility index (Phi) is 5.49. The molecular formula is C15H14BrNO2S. The largest absolute Gasteiger partial charge is 0.484 e. The SMILES string of the molecule is CSc1ccccc1NC(=O)COc1ccc(Br)cc1. The van der Waals surface area contributed by atoms with E-state index in [4.69, 9.17) is 4.74 Å². The zero-order valence-corrected chi connectivity index (χ0v) is 13.3. The average Bonchev–Trinajstić information content (AvgIpc) is 2.47. The van der Waals surface area contributed by atoms with E-state index < -0.39 is 0 Å². The van der Waals surface area contributed by atoms with Gasteiger partial charge in [0.15, 0.2) is 6.61 Å². The first-order valence-electron chi connectivity index (χ1n) is 6.00. The Morgan fingerprint density at radius 1 is 1.20 bits per heavy atom. The van der Waals surface area contributed by atoms with Crippen LogP contribution in [0.15, 0.2) is 57.9 Å². The molecule has 0 aromatic heterocycles. The lowest BCUT2D eigenvalue weighted by Gasteiger charge is -2.10. The minimum absolute atomic E-state index is 0.00958. The van der Waals surface area contributed by atoms with Crippen LogP contribution in [0, 0.1) is 0 Å². The predicted molar refractivity (Wildman–Crippen MR) is 86.5 cm³/mol. The summed E-state index contributed by atoms with van der Waals surface area (Å²) in [6.07, 6.45) is 1.98. The van der Waals surface area contributed by atoms with Gasteiger partial charge in [-0.05, 0) is 42.7 Å². The number of nitrogens with one attached hydrogen (secondary N) is 1. The summed E-state index contributed by atoms with van der Waals surface area (Å²) in [5.41, 5.74) is 0.810. The Labute approximate surface area is 130 Å². The third-order valence-electron chi connectivity index (χ3n) is 2.56. The summed E-state index contributed by atoms with van der Waals surface area (Å²) < 4.78 is 6.40. The van der Waals surface area contributed by atoms with Gasteiger partial charge in [-0.2, -0.15) is 0 Å². The molecule has 2 aromatic rings. The lowest BCUT2D eigenvalue weighted by Crippen LogP contribution is -2.20. The predicted octanol–water partition coefficient (Wildman–Crippen LogP) is 4.19. The molecule has 2 aromatic carbocycles. The normalized spacial score (nSPS) is 10.1. The number of carbonyl (C=O) groups is 1. The van der Waals surface area contributed by atoms with Crippen LogP contribution in [0.4, 0.5) is 5.69 Å². The molecule has 5 heteroatoms. The van der Waals surface area contributed by atoms with E-state index >= 15 is 0 Å². The van der Waals surface area contributed by atoms with Crippen molar-refractivity contribution < 1.29 is 9.53 Å². The summed E-state index contributed by atoms with van der Waals surface area (Å²) in [5.74, 6) is 0.496. The molecule has 0 radical (unpaired) electrons. The molecule has 20 heavy (non-hydrogen) atoms. The second-order valence-corrected chi connectivity index (χ2v) is 5.75. The van der Waals surface area contributed by atoms with Gasteiger partial charge in [-0.1, -0.05) is 28.1 Å². The molecule has 0 saturated heterocycles. The average molecular weight is 352 g/mol. The van der Waals surface area contributed by atoms with Crippen LogP contribution in [0.2, 0.25) is 0 Å². The van der Waals surface area contributed by atoms with Crippen LogP contribution >= 0.6 is 27.7 Å². The molecule has 0 unspecified atom stereocenters. The number of hydrogen-bond acceptors (Lipinski definition) is 3. The molecule has 0 aliphatic rings. The van der Waals surface area contributed by atoms with Crippen molar-refractivity contribution in [2.75, 3.05) is 18.2 Å². The van der Waals surface area contributed by atoms with Crippen LogP contribution in [0.5, 0.6) is 5.75 Å². The topological polar surface area (TPSA) is 38.3 Å².